The van der Waals surface area contributed by atoms with Crippen molar-refractivity contribution in [2.24, 2.45) is 0 Å². The highest BCUT2D eigenvalue weighted by Crippen LogP contribution is 2.62. The Balaban J connectivity index is 1.20. The third kappa shape index (κ3) is 4.07. The summed E-state index contributed by atoms with van der Waals surface area (Å²) in [4.78, 5) is 2.56. The molecule has 3 heteroatoms. The molecule has 3 aliphatic heterocycles. The minimum atomic E-state index is -0.371. The summed E-state index contributed by atoms with van der Waals surface area (Å²) >= 11 is 0. The Morgan fingerprint density at radius 1 is 0.464 bits per heavy atom. The van der Waals surface area contributed by atoms with Gasteiger partial charge in [-0.1, -0.05) is 165 Å². The van der Waals surface area contributed by atoms with Crippen LogP contribution in [0.1, 0.15) is 48.6 Å². The molecule has 0 amide bonds. The number of fused-ring (bicyclic) bond motifs is 9. The molecule has 3 heterocycles. The molecule has 8 aromatic rings. The molecule has 12 rings (SSSR count). The molecule has 8 aromatic carbocycles. The molecule has 1 atom stereocenters. The van der Waals surface area contributed by atoms with Gasteiger partial charge in [0, 0.05) is 33.5 Å². The van der Waals surface area contributed by atoms with Crippen LogP contribution in [0.3, 0.4) is 0 Å². The summed E-state index contributed by atoms with van der Waals surface area (Å²) in [7, 11) is 2.46. The maximum Gasteiger partial charge on any atom is 0.197 e. The minimum absolute atomic E-state index is 0.140. The lowest BCUT2D eigenvalue weighted by atomic mass is 9.55. The van der Waals surface area contributed by atoms with E-state index in [9.17, 15) is 0 Å². The fourth-order valence-electron chi connectivity index (χ4n) is 10.7. The first kappa shape index (κ1) is 31.7. The van der Waals surface area contributed by atoms with Crippen molar-refractivity contribution in [2.45, 2.75) is 31.6 Å². The molecule has 1 radical (unpaired) electrons. The van der Waals surface area contributed by atoms with Gasteiger partial charge in [0.2, 0.25) is 0 Å². The number of rotatable bonds is 3. The summed E-state index contributed by atoms with van der Waals surface area (Å²) in [6, 6.07) is 63.2. The van der Waals surface area contributed by atoms with Crippen molar-refractivity contribution in [1.29, 1.82) is 0 Å². The second-order valence-corrected chi connectivity index (χ2v) is 16.5. The first-order valence-electron chi connectivity index (χ1n) is 19.8. The lowest BCUT2D eigenvalue weighted by Gasteiger charge is -2.46. The predicted octanol–water partition coefficient (Wildman–Crippen LogP) is 12.2. The maximum absolute atomic E-state index is 4.12. The van der Waals surface area contributed by atoms with E-state index in [0.717, 1.165) is 0 Å². The van der Waals surface area contributed by atoms with E-state index in [1.165, 1.54) is 112 Å². The fraction of sp³-hybridized carbons (Fsp3) is 0.0943. The molecule has 0 fully saturated rings. The van der Waals surface area contributed by atoms with Crippen LogP contribution in [0.5, 0.6) is 0 Å². The van der Waals surface area contributed by atoms with Crippen LogP contribution in [0.4, 0.5) is 28.4 Å². The molecular weight excluding hydrogens is 675 g/mol. The summed E-state index contributed by atoms with van der Waals surface area (Å²) < 4.78 is 0. The molecule has 1 N–H and O–H groups in total. The van der Waals surface area contributed by atoms with Gasteiger partial charge in [-0.05, 0) is 103 Å². The Kier molecular flexibility index (Phi) is 6.37. The summed E-state index contributed by atoms with van der Waals surface area (Å²) in [5.74, 6) is 0. The number of para-hydroxylation sites is 2. The van der Waals surface area contributed by atoms with Crippen molar-refractivity contribution >= 4 is 46.6 Å². The monoisotopic (exact) mass is 713 g/mol. The molecule has 0 spiro atoms. The Hall–Kier alpha value is -6.58. The van der Waals surface area contributed by atoms with E-state index in [4.69, 9.17) is 0 Å². The average Bonchev–Trinajstić information content (AvgIpc) is 3.51. The second kappa shape index (κ2) is 11.2. The molecule has 1 aliphatic carbocycles. The van der Waals surface area contributed by atoms with Crippen LogP contribution in [0.2, 0.25) is 0 Å². The van der Waals surface area contributed by atoms with Crippen molar-refractivity contribution in [2.75, 3.05) is 10.2 Å². The van der Waals surface area contributed by atoms with Gasteiger partial charge in [-0.2, -0.15) is 0 Å². The van der Waals surface area contributed by atoms with Crippen molar-refractivity contribution in [1.82, 2.24) is 0 Å². The quantitative estimate of drug-likeness (QED) is 0.183. The third-order valence-electron chi connectivity index (χ3n) is 13.2. The minimum Gasteiger partial charge on any atom is -0.354 e. The zero-order valence-corrected chi connectivity index (χ0v) is 31.7. The van der Waals surface area contributed by atoms with Gasteiger partial charge < -0.3 is 10.2 Å². The van der Waals surface area contributed by atoms with Gasteiger partial charge in [-0.3, -0.25) is 0 Å². The van der Waals surface area contributed by atoms with Gasteiger partial charge in [-0.25, -0.2) is 0 Å². The number of nitrogens with one attached hydrogen (secondary N) is 1. The first-order valence-corrected chi connectivity index (χ1v) is 19.8. The molecular formula is C53H38BN2. The normalized spacial score (nSPS) is 16.9. The van der Waals surface area contributed by atoms with E-state index in [1.54, 1.807) is 0 Å². The van der Waals surface area contributed by atoms with Crippen LogP contribution >= 0.6 is 0 Å². The van der Waals surface area contributed by atoms with Crippen LogP contribution in [-0.4, -0.2) is 7.28 Å². The van der Waals surface area contributed by atoms with Crippen LogP contribution < -0.4 is 21.1 Å². The number of nitrogens with zero attached hydrogens (tertiary/aromatic N) is 1. The van der Waals surface area contributed by atoms with Crippen LogP contribution in [0.25, 0.3) is 44.5 Å². The summed E-state index contributed by atoms with van der Waals surface area (Å²) in [5.41, 5.74) is 24.8. The van der Waals surface area contributed by atoms with Gasteiger partial charge in [0.15, 0.2) is 7.28 Å². The molecule has 0 aromatic heterocycles. The van der Waals surface area contributed by atoms with Gasteiger partial charge in [0.05, 0.1) is 11.4 Å². The van der Waals surface area contributed by atoms with Crippen LogP contribution in [0.15, 0.2) is 170 Å². The summed E-state index contributed by atoms with van der Waals surface area (Å²) in [6.07, 6.45) is 0. The maximum atomic E-state index is 4.12. The van der Waals surface area contributed by atoms with Crippen molar-refractivity contribution in [3.63, 3.8) is 0 Å². The van der Waals surface area contributed by atoms with Crippen molar-refractivity contribution in [3.8, 4) is 44.5 Å². The predicted molar refractivity (Wildman–Crippen MR) is 235 cm³/mol. The Labute approximate surface area is 329 Å². The summed E-state index contributed by atoms with van der Waals surface area (Å²) in [5, 5.41) is 4.12. The van der Waals surface area contributed by atoms with E-state index in [0.29, 0.717) is 0 Å². The molecule has 0 bridgehead atoms. The van der Waals surface area contributed by atoms with E-state index >= 15 is 0 Å². The van der Waals surface area contributed by atoms with Gasteiger partial charge in [0.25, 0.3) is 0 Å². The second-order valence-electron chi connectivity index (χ2n) is 16.5. The van der Waals surface area contributed by atoms with Gasteiger partial charge in [0.1, 0.15) is 0 Å². The highest BCUT2D eigenvalue weighted by Gasteiger charge is 2.48. The standard InChI is InChI=1S/C53H38BN2/c1-52(2)41-23-12-13-27-45(41)56-46-31-34(32-16-6-4-7-17-32)30-39(49(46)54-43-25-15-24-42(52)51(43)56)38-29-28-35(33-18-8-5-9-19-33)48-50(38)55-44-26-14-21-37-36-20-10-11-22-40(36)53(48,3)47(37)44/h4-31,55H,1-3H3. The molecule has 4 aliphatic rings. The van der Waals surface area contributed by atoms with E-state index in [1.807, 2.05) is 0 Å². The Morgan fingerprint density at radius 3 is 1.95 bits per heavy atom. The Morgan fingerprint density at radius 2 is 1.12 bits per heavy atom. The molecule has 0 saturated heterocycles. The van der Waals surface area contributed by atoms with Gasteiger partial charge in [-0.15, -0.1) is 0 Å². The lowest BCUT2D eigenvalue weighted by molar-refractivity contribution is 0.632. The van der Waals surface area contributed by atoms with Crippen molar-refractivity contribution < 1.29 is 0 Å². The van der Waals surface area contributed by atoms with E-state index < -0.39 is 0 Å². The highest BCUT2D eigenvalue weighted by molar-refractivity contribution is 6.73. The zero-order chi connectivity index (χ0) is 37.3. The lowest BCUT2D eigenvalue weighted by Crippen LogP contribution is -2.45. The topological polar surface area (TPSA) is 15.3 Å². The molecule has 263 valence electrons. The number of hydrogen-bond acceptors (Lipinski definition) is 2. The van der Waals surface area contributed by atoms with Crippen molar-refractivity contribution in [3.05, 3.63) is 198 Å². The summed E-state index contributed by atoms with van der Waals surface area (Å²) in [6.45, 7) is 7.21. The van der Waals surface area contributed by atoms with Gasteiger partial charge >= 0.3 is 0 Å². The molecule has 56 heavy (non-hydrogen) atoms. The number of anilines is 5. The molecule has 2 nitrogen and oxygen atoms in total. The molecule has 0 saturated carbocycles. The number of hydrogen-bond donors (Lipinski definition) is 1. The SMILES string of the molecule is CC1(C)c2ccccc2N2c3cc(-c4ccccc4)cc(-c4ccc(-c5ccccc5)c5c4Nc4cccc6c4C5(C)c4ccccc4-6)c3[B]c3cccc1c32. The smallest absolute Gasteiger partial charge is 0.197 e. The number of benzene rings is 8. The third-order valence-corrected chi connectivity index (χ3v) is 13.2. The largest absolute Gasteiger partial charge is 0.354 e. The average molecular weight is 714 g/mol. The Bertz CT molecular complexity index is 2960. The van der Waals surface area contributed by atoms with E-state index in [2.05, 4.69) is 208 Å². The van der Waals surface area contributed by atoms with E-state index in [-0.39, 0.29) is 10.8 Å². The molecule has 1 unspecified atom stereocenters. The van der Waals surface area contributed by atoms with Crippen LogP contribution in [0, 0.1) is 0 Å². The fourth-order valence-corrected chi connectivity index (χ4v) is 10.7. The van der Waals surface area contributed by atoms with Crippen LogP contribution in [-0.2, 0) is 10.8 Å². The first-order chi connectivity index (χ1) is 27.4. The zero-order valence-electron chi connectivity index (χ0n) is 31.7. The highest BCUT2D eigenvalue weighted by atomic mass is 15.2.